The number of rotatable bonds is 52. The highest BCUT2D eigenvalue weighted by Crippen LogP contribution is 2.46. The summed E-state index contributed by atoms with van der Waals surface area (Å²) in [6, 6.07) is 0. The predicted octanol–water partition coefficient (Wildman–Crippen LogP) is 16.5. The van der Waals surface area contributed by atoms with E-state index in [0.717, 1.165) is 76.0 Å². The fraction of sp³-hybridized carbons (Fsp3) is 0.911. The van der Waals surface area contributed by atoms with E-state index in [0.29, 0.717) is 19.3 Å². The molecule has 10 nitrogen and oxygen atoms in total. The molecule has 0 aromatic carbocycles. The van der Waals surface area contributed by atoms with Crippen molar-refractivity contribution in [3.63, 3.8) is 0 Å². The number of allylic oxidation sites excluding steroid dienone is 2. The number of phosphoric acid groups is 1. The molecule has 1 fully saturated rings. The van der Waals surface area contributed by atoms with Crippen LogP contribution in [0.5, 0.6) is 0 Å². The quantitative estimate of drug-likeness (QED) is 0.0264. The normalized spacial score (nSPS) is 16.0. The Hall–Kier alpha value is -1.74. The molecule has 394 valence electrons. The van der Waals surface area contributed by atoms with E-state index in [9.17, 15) is 23.8 Å². The van der Waals surface area contributed by atoms with Crippen LogP contribution >= 0.6 is 7.82 Å². The van der Waals surface area contributed by atoms with Crippen molar-refractivity contribution < 1.29 is 42.4 Å². The average molecular weight is 968 g/mol. The Bertz CT molecular complexity index is 1230. The Kier molecular flexibility index (Phi) is 44.0. The van der Waals surface area contributed by atoms with Crippen LogP contribution in [0.4, 0.5) is 0 Å². The number of nitrogens with one attached hydrogen (secondary N) is 1. The first kappa shape index (κ1) is 63.3. The largest absolute Gasteiger partial charge is 0.472 e. The van der Waals surface area contributed by atoms with E-state index in [1.54, 1.807) is 0 Å². The van der Waals surface area contributed by atoms with Crippen LogP contribution in [0.3, 0.4) is 0 Å². The number of carbonyl (C=O) groups excluding carboxylic acids is 3. The van der Waals surface area contributed by atoms with Crippen molar-refractivity contribution in [2.45, 2.75) is 290 Å². The van der Waals surface area contributed by atoms with Crippen molar-refractivity contribution in [3.05, 3.63) is 12.2 Å². The van der Waals surface area contributed by atoms with Gasteiger partial charge in [-0.1, -0.05) is 226 Å². The standard InChI is InChI=1S/C56H106NO9P/c1-4-7-10-13-16-18-20-22-24-26-28-33-38-43-54(58)57-46-47-64-67(61,62)65-50-53(49-63-55(59)44-39-34-29-27-25-23-21-19-17-14-11-8-5-2)66-56(60)45-40-35-30-32-37-42-52-48-51(52)41-36-31-15-12-9-6-3/h19,21,51-53H,4-18,20,22-50H2,1-3H3,(H,57,58)(H,61,62)/b21-19-/t51?,52?,53-/m1/s1. The molecule has 3 unspecified atom stereocenters. The van der Waals surface area contributed by atoms with Crippen molar-refractivity contribution in [2.75, 3.05) is 26.4 Å². The second-order valence-electron chi connectivity index (χ2n) is 20.0. The molecule has 0 aromatic rings. The van der Waals surface area contributed by atoms with Gasteiger partial charge in [-0.15, -0.1) is 0 Å². The van der Waals surface area contributed by atoms with Crippen LogP contribution in [-0.4, -0.2) is 55.2 Å². The highest BCUT2D eigenvalue weighted by Gasteiger charge is 2.35. The minimum Gasteiger partial charge on any atom is -0.462 e. The van der Waals surface area contributed by atoms with Gasteiger partial charge < -0.3 is 19.7 Å². The van der Waals surface area contributed by atoms with E-state index in [4.69, 9.17) is 18.5 Å². The van der Waals surface area contributed by atoms with Crippen LogP contribution in [0.25, 0.3) is 0 Å². The zero-order chi connectivity index (χ0) is 48.7. The topological polar surface area (TPSA) is 137 Å². The van der Waals surface area contributed by atoms with Gasteiger partial charge in [-0.05, 0) is 63.2 Å². The number of ether oxygens (including phenoxy) is 2. The summed E-state index contributed by atoms with van der Waals surface area (Å²) in [5.41, 5.74) is 0. The molecular weight excluding hydrogens is 862 g/mol. The number of unbranched alkanes of at least 4 members (excludes halogenated alkanes) is 30. The second kappa shape index (κ2) is 46.6. The number of carbonyl (C=O) groups is 3. The Morgan fingerprint density at radius 1 is 0.522 bits per heavy atom. The van der Waals surface area contributed by atoms with Gasteiger partial charge in [0.1, 0.15) is 6.61 Å². The lowest BCUT2D eigenvalue weighted by Crippen LogP contribution is -2.30. The van der Waals surface area contributed by atoms with Gasteiger partial charge in [0.15, 0.2) is 6.10 Å². The maximum absolute atomic E-state index is 12.9. The molecule has 0 saturated heterocycles. The third-order valence-electron chi connectivity index (χ3n) is 13.4. The number of phosphoric ester groups is 1. The Morgan fingerprint density at radius 2 is 0.925 bits per heavy atom. The van der Waals surface area contributed by atoms with E-state index < -0.39 is 32.5 Å². The number of hydrogen-bond acceptors (Lipinski definition) is 8. The second-order valence-corrected chi connectivity index (χ2v) is 21.4. The first-order chi connectivity index (χ1) is 32.7. The minimum atomic E-state index is -4.53. The summed E-state index contributed by atoms with van der Waals surface area (Å²) >= 11 is 0. The number of hydrogen-bond donors (Lipinski definition) is 2. The minimum absolute atomic E-state index is 0.0673. The van der Waals surface area contributed by atoms with Crippen LogP contribution in [0.1, 0.15) is 284 Å². The van der Waals surface area contributed by atoms with Gasteiger partial charge in [0.05, 0.1) is 13.2 Å². The Morgan fingerprint density at radius 3 is 1.42 bits per heavy atom. The summed E-state index contributed by atoms with van der Waals surface area (Å²) < 4.78 is 34.2. The van der Waals surface area contributed by atoms with Gasteiger partial charge in [-0.2, -0.15) is 0 Å². The van der Waals surface area contributed by atoms with Crippen molar-refractivity contribution in [1.29, 1.82) is 0 Å². The molecule has 0 bridgehead atoms. The molecule has 1 aliphatic carbocycles. The first-order valence-corrected chi connectivity index (χ1v) is 30.1. The van der Waals surface area contributed by atoms with Crippen LogP contribution < -0.4 is 5.32 Å². The van der Waals surface area contributed by atoms with E-state index in [2.05, 4.69) is 38.2 Å². The summed E-state index contributed by atoms with van der Waals surface area (Å²) in [6.07, 6.45) is 50.5. The molecule has 11 heteroatoms. The molecule has 2 N–H and O–H groups in total. The first-order valence-electron chi connectivity index (χ1n) is 28.6. The highest BCUT2D eigenvalue weighted by atomic mass is 31.2. The molecular formula is C56H106NO9P. The SMILES string of the molecule is CCCCCC/C=C\CCCCCCCC(=O)OC[C@H](COP(=O)(O)OCCNC(=O)CCCCCCCCCCCCCCC)OC(=O)CCCCCCCC1CC1CCCCCCCC. The predicted molar refractivity (Wildman–Crippen MR) is 278 cm³/mol. The summed E-state index contributed by atoms with van der Waals surface area (Å²) in [4.78, 5) is 48.2. The highest BCUT2D eigenvalue weighted by molar-refractivity contribution is 7.47. The van der Waals surface area contributed by atoms with Gasteiger partial charge in [0.2, 0.25) is 5.91 Å². The number of amides is 1. The Labute approximate surface area is 412 Å². The van der Waals surface area contributed by atoms with Crippen molar-refractivity contribution in [1.82, 2.24) is 5.32 Å². The fourth-order valence-corrected chi connectivity index (χ4v) is 9.72. The zero-order valence-electron chi connectivity index (χ0n) is 43.9. The van der Waals surface area contributed by atoms with E-state index in [-0.39, 0.29) is 38.5 Å². The molecule has 0 aliphatic heterocycles. The van der Waals surface area contributed by atoms with Crippen LogP contribution in [0.15, 0.2) is 12.2 Å². The lowest BCUT2D eigenvalue weighted by Gasteiger charge is -2.20. The van der Waals surface area contributed by atoms with Crippen LogP contribution in [-0.2, 0) is 37.5 Å². The smallest absolute Gasteiger partial charge is 0.462 e. The van der Waals surface area contributed by atoms with E-state index in [1.165, 1.54) is 167 Å². The van der Waals surface area contributed by atoms with Gasteiger partial charge in [0, 0.05) is 25.8 Å². The summed E-state index contributed by atoms with van der Waals surface area (Å²) in [5.74, 6) is 0.916. The van der Waals surface area contributed by atoms with Gasteiger partial charge >= 0.3 is 19.8 Å². The van der Waals surface area contributed by atoms with Gasteiger partial charge in [-0.3, -0.25) is 23.4 Å². The van der Waals surface area contributed by atoms with Crippen LogP contribution in [0, 0.1) is 11.8 Å². The molecule has 1 amide bonds. The van der Waals surface area contributed by atoms with E-state index >= 15 is 0 Å². The maximum Gasteiger partial charge on any atom is 0.472 e. The van der Waals surface area contributed by atoms with Crippen LogP contribution in [0.2, 0.25) is 0 Å². The van der Waals surface area contributed by atoms with Crippen molar-refractivity contribution >= 4 is 25.7 Å². The molecule has 0 heterocycles. The average Bonchev–Trinajstić information content (AvgIpc) is 4.07. The zero-order valence-corrected chi connectivity index (χ0v) is 44.8. The van der Waals surface area contributed by atoms with Gasteiger partial charge in [-0.25, -0.2) is 4.57 Å². The number of esters is 2. The third kappa shape index (κ3) is 44.0. The van der Waals surface area contributed by atoms with E-state index in [1.807, 2.05) is 0 Å². The van der Waals surface area contributed by atoms with Crippen molar-refractivity contribution in [2.24, 2.45) is 11.8 Å². The molecule has 67 heavy (non-hydrogen) atoms. The molecule has 1 saturated carbocycles. The fourth-order valence-electron chi connectivity index (χ4n) is 8.97. The van der Waals surface area contributed by atoms with Gasteiger partial charge in [0.25, 0.3) is 0 Å². The monoisotopic (exact) mass is 968 g/mol. The molecule has 1 rings (SSSR count). The molecule has 0 aromatic heterocycles. The maximum atomic E-state index is 12.9. The van der Waals surface area contributed by atoms with Crippen molar-refractivity contribution in [3.8, 4) is 0 Å². The lowest BCUT2D eigenvalue weighted by atomic mass is 10.0. The molecule has 1 aliphatic rings. The third-order valence-corrected chi connectivity index (χ3v) is 14.4. The Balaban J connectivity index is 2.34. The lowest BCUT2D eigenvalue weighted by molar-refractivity contribution is -0.161. The molecule has 0 spiro atoms. The molecule has 0 radical (unpaired) electrons. The summed E-state index contributed by atoms with van der Waals surface area (Å²) in [5, 5.41) is 2.74. The molecule has 4 atom stereocenters. The summed E-state index contributed by atoms with van der Waals surface area (Å²) in [7, 11) is -4.53. The summed E-state index contributed by atoms with van der Waals surface area (Å²) in [6.45, 7) is 5.87.